The van der Waals surface area contributed by atoms with Crippen molar-refractivity contribution >= 4 is 11.8 Å². The molecule has 94 valence electrons. The minimum atomic E-state index is -0.479. The van der Waals surface area contributed by atoms with Gasteiger partial charge in [-0.25, -0.2) is 4.79 Å². The van der Waals surface area contributed by atoms with Crippen LogP contribution in [0.3, 0.4) is 0 Å². The zero-order valence-electron chi connectivity index (χ0n) is 10.7. The van der Waals surface area contributed by atoms with Crippen LogP contribution in [0, 0.1) is 0 Å². The number of nitrogens with zero attached hydrogens (tertiary/aromatic N) is 1. The molecule has 0 aromatic carbocycles. The van der Waals surface area contributed by atoms with Crippen molar-refractivity contribution in [3.8, 4) is 0 Å². The highest BCUT2D eigenvalue weighted by molar-refractivity contribution is 5.67. The van der Waals surface area contributed by atoms with Crippen LogP contribution in [0.4, 0.5) is 10.5 Å². The molecular weight excluding hydrogens is 218 g/mol. The summed E-state index contributed by atoms with van der Waals surface area (Å²) in [7, 11) is 1.83. The maximum absolute atomic E-state index is 11.4. The smallest absolute Gasteiger partial charge is 0.407 e. The van der Waals surface area contributed by atoms with Gasteiger partial charge in [-0.3, -0.25) is 4.98 Å². The fourth-order valence-electron chi connectivity index (χ4n) is 1.15. The van der Waals surface area contributed by atoms with Crippen molar-refractivity contribution < 1.29 is 9.53 Å². The van der Waals surface area contributed by atoms with Crippen LogP contribution in [0.5, 0.6) is 0 Å². The summed E-state index contributed by atoms with van der Waals surface area (Å²) in [5, 5.41) is 5.62. The molecule has 1 heterocycles. The van der Waals surface area contributed by atoms with E-state index in [1.54, 1.807) is 6.20 Å². The van der Waals surface area contributed by atoms with E-state index in [0.29, 0.717) is 6.54 Å². The monoisotopic (exact) mass is 237 g/mol. The normalized spacial score (nSPS) is 10.8. The Bertz CT molecular complexity index is 368. The van der Waals surface area contributed by atoms with Gasteiger partial charge in [0.2, 0.25) is 0 Å². The molecule has 0 saturated heterocycles. The number of pyridine rings is 1. The van der Waals surface area contributed by atoms with Crippen LogP contribution >= 0.6 is 0 Å². The van der Waals surface area contributed by atoms with Crippen LogP contribution in [-0.2, 0) is 11.3 Å². The summed E-state index contributed by atoms with van der Waals surface area (Å²) >= 11 is 0. The van der Waals surface area contributed by atoms with Crippen LogP contribution in [0.15, 0.2) is 18.3 Å². The maximum Gasteiger partial charge on any atom is 0.407 e. The second-order valence-electron chi connectivity index (χ2n) is 4.64. The van der Waals surface area contributed by atoms with Gasteiger partial charge in [0.1, 0.15) is 5.60 Å². The van der Waals surface area contributed by atoms with Gasteiger partial charge in [0, 0.05) is 7.05 Å². The highest BCUT2D eigenvalue weighted by Gasteiger charge is 2.15. The Kier molecular flexibility index (Phi) is 4.31. The van der Waals surface area contributed by atoms with Crippen molar-refractivity contribution in [2.24, 2.45) is 0 Å². The predicted molar refractivity (Wildman–Crippen MR) is 66.9 cm³/mol. The number of anilines is 1. The van der Waals surface area contributed by atoms with E-state index in [9.17, 15) is 4.79 Å². The molecule has 2 N–H and O–H groups in total. The van der Waals surface area contributed by atoms with E-state index < -0.39 is 11.7 Å². The number of carbonyl (C=O) groups excluding carboxylic acids is 1. The molecule has 17 heavy (non-hydrogen) atoms. The van der Waals surface area contributed by atoms with Crippen molar-refractivity contribution in [2.45, 2.75) is 32.9 Å². The van der Waals surface area contributed by atoms with Gasteiger partial charge in [-0.2, -0.15) is 0 Å². The average Bonchev–Trinajstić information content (AvgIpc) is 2.25. The lowest BCUT2D eigenvalue weighted by molar-refractivity contribution is 0.0523. The summed E-state index contributed by atoms with van der Waals surface area (Å²) < 4.78 is 5.11. The molecule has 0 aliphatic rings. The number of alkyl carbamates (subject to hydrolysis) is 1. The standard InChI is InChI=1S/C12H19N3O2/c1-12(2,3)17-11(16)15-8-10-6-5-9(13-4)7-14-10/h5-7,13H,8H2,1-4H3,(H,15,16). The van der Waals surface area contributed by atoms with E-state index in [-0.39, 0.29) is 0 Å². The summed E-state index contributed by atoms with van der Waals surface area (Å²) in [6.45, 7) is 5.84. The van der Waals surface area contributed by atoms with E-state index in [0.717, 1.165) is 11.4 Å². The number of ether oxygens (including phenoxy) is 1. The zero-order chi connectivity index (χ0) is 12.9. The van der Waals surface area contributed by atoms with Gasteiger partial charge >= 0.3 is 6.09 Å². The lowest BCUT2D eigenvalue weighted by Crippen LogP contribution is -2.32. The van der Waals surface area contributed by atoms with Gasteiger partial charge in [-0.15, -0.1) is 0 Å². The number of rotatable bonds is 3. The van der Waals surface area contributed by atoms with E-state index in [4.69, 9.17) is 4.74 Å². The molecule has 1 amide bonds. The van der Waals surface area contributed by atoms with Gasteiger partial charge < -0.3 is 15.4 Å². The first-order chi connectivity index (χ1) is 7.90. The lowest BCUT2D eigenvalue weighted by Gasteiger charge is -2.19. The fraction of sp³-hybridized carbons (Fsp3) is 0.500. The molecule has 0 saturated carbocycles. The van der Waals surface area contributed by atoms with Crippen LogP contribution in [0.1, 0.15) is 26.5 Å². The molecule has 0 aliphatic carbocycles. The highest BCUT2D eigenvalue weighted by atomic mass is 16.6. The van der Waals surface area contributed by atoms with Gasteiger partial charge in [0.05, 0.1) is 24.1 Å². The summed E-state index contributed by atoms with van der Waals surface area (Å²) in [6.07, 6.45) is 1.28. The molecule has 0 unspecified atom stereocenters. The summed E-state index contributed by atoms with van der Waals surface area (Å²) in [4.78, 5) is 15.6. The second kappa shape index (κ2) is 5.52. The first-order valence-electron chi connectivity index (χ1n) is 5.50. The fourth-order valence-corrected chi connectivity index (χ4v) is 1.15. The molecule has 5 nitrogen and oxygen atoms in total. The van der Waals surface area contributed by atoms with Crippen molar-refractivity contribution in [1.29, 1.82) is 0 Å². The van der Waals surface area contributed by atoms with Crippen molar-refractivity contribution in [3.05, 3.63) is 24.0 Å². The largest absolute Gasteiger partial charge is 0.444 e. The maximum atomic E-state index is 11.4. The predicted octanol–water partition coefficient (Wildman–Crippen LogP) is 2.15. The van der Waals surface area contributed by atoms with Crippen molar-refractivity contribution in [3.63, 3.8) is 0 Å². The molecular formula is C12H19N3O2. The Morgan fingerprint density at radius 3 is 2.59 bits per heavy atom. The Balaban J connectivity index is 2.42. The third-order valence-corrected chi connectivity index (χ3v) is 1.93. The van der Waals surface area contributed by atoms with Crippen LogP contribution in [0.25, 0.3) is 0 Å². The topological polar surface area (TPSA) is 63.2 Å². The van der Waals surface area contributed by atoms with Crippen LogP contribution < -0.4 is 10.6 Å². The van der Waals surface area contributed by atoms with Crippen LogP contribution in [-0.4, -0.2) is 23.7 Å². The minimum absolute atomic E-state index is 0.360. The Hall–Kier alpha value is -1.78. The Morgan fingerprint density at radius 2 is 2.12 bits per heavy atom. The molecule has 0 bridgehead atoms. The summed E-state index contributed by atoms with van der Waals surface area (Å²) in [5.41, 5.74) is 1.24. The zero-order valence-corrected chi connectivity index (χ0v) is 10.7. The number of amides is 1. The van der Waals surface area contributed by atoms with Gasteiger partial charge in [0.15, 0.2) is 0 Å². The first kappa shape index (κ1) is 13.3. The van der Waals surface area contributed by atoms with Gasteiger partial charge in [-0.1, -0.05) is 0 Å². The average molecular weight is 237 g/mol. The minimum Gasteiger partial charge on any atom is -0.444 e. The second-order valence-corrected chi connectivity index (χ2v) is 4.64. The van der Waals surface area contributed by atoms with E-state index >= 15 is 0 Å². The Labute approximate surface area is 102 Å². The number of aromatic nitrogens is 1. The van der Waals surface area contributed by atoms with Crippen molar-refractivity contribution in [2.75, 3.05) is 12.4 Å². The molecule has 1 aromatic rings. The quantitative estimate of drug-likeness (QED) is 0.845. The summed E-state index contributed by atoms with van der Waals surface area (Å²) in [5.74, 6) is 0. The summed E-state index contributed by atoms with van der Waals surface area (Å²) in [6, 6.07) is 3.75. The molecule has 1 rings (SSSR count). The third kappa shape index (κ3) is 5.19. The molecule has 0 radical (unpaired) electrons. The SMILES string of the molecule is CNc1ccc(CNC(=O)OC(C)(C)C)nc1. The number of hydrogen-bond acceptors (Lipinski definition) is 4. The molecule has 0 spiro atoms. The van der Waals surface area contributed by atoms with E-state index in [2.05, 4.69) is 15.6 Å². The van der Waals surface area contributed by atoms with E-state index in [1.165, 1.54) is 0 Å². The number of hydrogen-bond donors (Lipinski definition) is 2. The Morgan fingerprint density at radius 1 is 1.41 bits per heavy atom. The first-order valence-corrected chi connectivity index (χ1v) is 5.50. The lowest BCUT2D eigenvalue weighted by atomic mass is 10.2. The van der Waals surface area contributed by atoms with Gasteiger partial charge in [-0.05, 0) is 32.9 Å². The molecule has 0 aliphatic heterocycles. The highest BCUT2D eigenvalue weighted by Crippen LogP contribution is 2.07. The number of carbonyl (C=O) groups is 1. The molecule has 5 heteroatoms. The molecule has 0 atom stereocenters. The third-order valence-electron chi connectivity index (χ3n) is 1.93. The molecule has 0 fully saturated rings. The van der Waals surface area contributed by atoms with Crippen molar-refractivity contribution in [1.82, 2.24) is 10.3 Å². The van der Waals surface area contributed by atoms with Crippen LogP contribution in [0.2, 0.25) is 0 Å². The number of nitrogens with one attached hydrogen (secondary N) is 2. The molecule has 1 aromatic heterocycles. The van der Waals surface area contributed by atoms with Gasteiger partial charge in [0.25, 0.3) is 0 Å². The van der Waals surface area contributed by atoms with E-state index in [1.807, 2.05) is 40.0 Å².